The van der Waals surface area contributed by atoms with Crippen LogP contribution in [-0.2, 0) is 14.6 Å². The van der Waals surface area contributed by atoms with E-state index >= 15 is 0 Å². The Kier molecular flexibility index (Phi) is 6.99. The summed E-state index contributed by atoms with van der Waals surface area (Å²) in [5.41, 5.74) is 1.85. The molecule has 0 saturated heterocycles. The van der Waals surface area contributed by atoms with Gasteiger partial charge >= 0.3 is 0 Å². The minimum atomic E-state index is -3.78. The molecule has 6 nitrogen and oxygen atoms in total. The topological polar surface area (TPSA) is 84.5 Å². The predicted octanol–water partition coefficient (Wildman–Crippen LogP) is 4.49. The minimum absolute atomic E-state index is 0.0450. The molecular formula is C22H21IN2O4S. The van der Waals surface area contributed by atoms with Crippen LogP contribution >= 0.6 is 22.6 Å². The Balaban J connectivity index is 1.85. The highest BCUT2D eigenvalue weighted by molar-refractivity contribution is 14.1. The molecule has 0 radical (unpaired) electrons. The van der Waals surface area contributed by atoms with Crippen molar-refractivity contribution < 1.29 is 17.9 Å². The molecule has 0 spiro atoms. The second-order valence-corrected chi connectivity index (χ2v) is 9.73. The van der Waals surface area contributed by atoms with Crippen molar-refractivity contribution in [2.75, 3.05) is 24.3 Å². The van der Waals surface area contributed by atoms with Gasteiger partial charge in [0.2, 0.25) is 15.7 Å². The Morgan fingerprint density at radius 3 is 2.33 bits per heavy atom. The van der Waals surface area contributed by atoms with E-state index in [1.54, 1.807) is 49.4 Å². The fourth-order valence-corrected chi connectivity index (χ4v) is 4.83. The maximum atomic E-state index is 13.1. The fourth-order valence-electron chi connectivity index (χ4n) is 2.92. The lowest BCUT2D eigenvalue weighted by Gasteiger charge is -2.17. The standard InChI is InChI=1S/C22H21IN2O4S/c1-15-12-19(24-14-21(26)25-17-10-8-16(23)9-11-17)22(29-2)20(13-15)30(27,28)18-6-4-3-5-7-18/h3-13,24H,14H2,1-2H3,(H,25,26). The highest BCUT2D eigenvalue weighted by Crippen LogP contribution is 2.36. The largest absolute Gasteiger partial charge is 0.493 e. The van der Waals surface area contributed by atoms with E-state index in [0.29, 0.717) is 11.4 Å². The molecule has 0 aromatic heterocycles. The normalized spacial score (nSPS) is 11.0. The third-order valence-electron chi connectivity index (χ3n) is 4.31. The highest BCUT2D eigenvalue weighted by atomic mass is 127. The van der Waals surface area contributed by atoms with Crippen LogP contribution in [0.15, 0.2) is 76.5 Å². The second kappa shape index (κ2) is 9.48. The molecule has 0 heterocycles. The van der Waals surface area contributed by atoms with Crippen LogP contribution in [0.1, 0.15) is 5.56 Å². The van der Waals surface area contributed by atoms with Crippen LogP contribution in [0.3, 0.4) is 0 Å². The first-order valence-electron chi connectivity index (χ1n) is 9.09. The fraction of sp³-hybridized carbons (Fsp3) is 0.136. The molecule has 0 aliphatic rings. The van der Waals surface area contributed by atoms with Gasteiger partial charge in [-0.3, -0.25) is 4.79 Å². The van der Waals surface area contributed by atoms with Gasteiger partial charge in [0.1, 0.15) is 4.90 Å². The summed E-state index contributed by atoms with van der Waals surface area (Å²) >= 11 is 2.19. The third-order valence-corrected chi connectivity index (χ3v) is 6.81. The Labute approximate surface area is 189 Å². The number of nitrogens with one attached hydrogen (secondary N) is 2. The van der Waals surface area contributed by atoms with Gasteiger partial charge in [-0.05, 0) is 83.6 Å². The van der Waals surface area contributed by atoms with Crippen molar-refractivity contribution in [1.29, 1.82) is 0 Å². The number of amides is 1. The van der Waals surface area contributed by atoms with Crippen LogP contribution in [0.25, 0.3) is 0 Å². The van der Waals surface area contributed by atoms with Gasteiger partial charge in [-0.25, -0.2) is 8.42 Å². The van der Waals surface area contributed by atoms with Crippen LogP contribution in [0.2, 0.25) is 0 Å². The number of sulfone groups is 1. The number of carbonyl (C=O) groups is 1. The quantitative estimate of drug-likeness (QED) is 0.435. The summed E-state index contributed by atoms with van der Waals surface area (Å²) < 4.78 is 32.8. The van der Waals surface area contributed by atoms with Crippen molar-refractivity contribution in [2.45, 2.75) is 16.7 Å². The number of methoxy groups -OCH3 is 1. The Hall–Kier alpha value is -2.59. The van der Waals surface area contributed by atoms with Crippen molar-refractivity contribution in [3.63, 3.8) is 0 Å². The molecule has 0 aliphatic heterocycles. The van der Waals surface area contributed by atoms with Gasteiger partial charge < -0.3 is 15.4 Å². The molecule has 30 heavy (non-hydrogen) atoms. The summed E-state index contributed by atoms with van der Waals surface area (Å²) in [6.07, 6.45) is 0. The molecule has 0 unspecified atom stereocenters. The number of hydrogen-bond acceptors (Lipinski definition) is 5. The number of ether oxygens (including phenoxy) is 1. The minimum Gasteiger partial charge on any atom is -0.493 e. The van der Waals surface area contributed by atoms with Crippen LogP contribution in [0, 0.1) is 10.5 Å². The van der Waals surface area contributed by atoms with Crippen LogP contribution < -0.4 is 15.4 Å². The van der Waals surface area contributed by atoms with Crippen molar-refractivity contribution in [3.8, 4) is 5.75 Å². The van der Waals surface area contributed by atoms with Gasteiger partial charge in [0.05, 0.1) is 24.2 Å². The molecular weight excluding hydrogens is 515 g/mol. The summed E-state index contributed by atoms with van der Waals surface area (Å²) in [7, 11) is -2.38. The van der Waals surface area contributed by atoms with Gasteiger partial charge in [-0.2, -0.15) is 0 Å². The Morgan fingerprint density at radius 2 is 1.70 bits per heavy atom. The number of anilines is 2. The molecule has 3 aromatic carbocycles. The lowest BCUT2D eigenvalue weighted by atomic mass is 10.2. The van der Waals surface area contributed by atoms with E-state index in [9.17, 15) is 13.2 Å². The zero-order valence-corrected chi connectivity index (χ0v) is 19.5. The number of hydrogen-bond donors (Lipinski definition) is 2. The molecule has 0 fully saturated rings. The van der Waals surface area contributed by atoms with E-state index in [1.165, 1.54) is 7.11 Å². The monoisotopic (exact) mass is 536 g/mol. The third kappa shape index (κ3) is 5.11. The first-order valence-corrected chi connectivity index (χ1v) is 11.7. The molecule has 0 saturated carbocycles. The molecule has 0 bridgehead atoms. The number of benzene rings is 3. The van der Waals surface area contributed by atoms with E-state index in [4.69, 9.17) is 4.74 Å². The van der Waals surface area contributed by atoms with Gasteiger partial charge in [-0.15, -0.1) is 0 Å². The first-order chi connectivity index (χ1) is 14.3. The number of halogens is 1. The van der Waals surface area contributed by atoms with E-state index in [-0.39, 0.29) is 28.0 Å². The van der Waals surface area contributed by atoms with Gasteiger partial charge in [0.15, 0.2) is 5.75 Å². The molecule has 3 aromatic rings. The molecule has 8 heteroatoms. The van der Waals surface area contributed by atoms with Crippen LogP contribution in [0.4, 0.5) is 11.4 Å². The van der Waals surface area contributed by atoms with E-state index < -0.39 is 9.84 Å². The zero-order chi connectivity index (χ0) is 21.7. The van der Waals surface area contributed by atoms with Crippen molar-refractivity contribution in [1.82, 2.24) is 0 Å². The Morgan fingerprint density at radius 1 is 1.03 bits per heavy atom. The van der Waals surface area contributed by atoms with E-state index in [1.807, 2.05) is 24.3 Å². The van der Waals surface area contributed by atoms with Gasteiger partial charge in [-0.1, -0.05) is 18.2 Å². The number of rotatable bonds is 7. The molecule has 0 atom stereocenters. The summed E-state index contributed by atoms with van der Waals surface area (Å²) in [5.74, 6) is -0.0845. The summed E-state index contributed by atoms with van der Waals surface area (Å²) in [4.78, 5) is 12.6. The van der Waals surface area contributed by atoms with E-state index in [0.717, 1.165) is 9.13 Å². The highest BCUT2D eigenvalue weighted by Gasteiger charge is 2.25. The maximum absolute atomic E-state index is 13.1. The predicted molar refractivity (Wildman–Crippen MR) is 126 cm³/mol. The summed E-state index contributed by atoms with van der Waals surface area (Å²) in [6, 6.07) is 18.9. The van der Waals surface area contributed by atoms with Gasteiger partial charge in [0.25, 0.3) is 0 Å². The van der Waals surface area contributed by atoms with Crippen LogP contribution in [-0.4, -0.2) is 28.0 Å². The first kappa shape index (κ1) is 22.1. The second-order valence-electron chi connectivity index (χ2n) is 6.57. The molecule has 2 N–H and O–H groups in total. The maximum Gasteiger partial charge on any atom is 0.243 e. The van der Waals surface area contributed by atoms with Crippen molar-refractivity contribution in [2.24, 2.45) is 0 Å². The van der Waals surface area contributed by atoms with E-state index in [2.05, 4.69) is 33.2 Å². The lowest BCUT2D eigenvalue weighted by Crippen LogP contribution is -2.22. The smallest absolute Gasteiger partial charge is 0.243 e. The number of aryl methyl sites for hydroxylation is 1. The van der Waals surface area contributed by atoms with Crippen molar-refractivity contribution >= 4 is 49.7 Å². The summed E-state index contributed by atoms with van der Waals surface area (Å²) in [6.45, 7) is 1.75. The summed E-state index contributed by atoms with van der Waals surface area (Å²) in [5, 5.41) is 5.80. The van der Waals surface area contributed by atoms with Crippen LogP contribution in [0.5, 0.6) is 5.75 Å². The Bertz CT molecular complexity index is 1150. The average molecular weight is 536 g/mol. The molecule has 1 amide bonds. The SMILES string of the molecule is COc1c(NCC(=O)Nc2ccc(I)cc2)cc(C)cc1S(=O)(=O)c1ccccc1. The van der Waals surface area contributed by atoms with Gasteiger partial charge in [0, 0.05) is 9.26 Å². The molecule has 156 valence electrons. The lowest BCUT2D eigenvalue weighted by molar-refractivity contribution is -0.114. The van der Waals surface area contributed by atoms with Crippen molar-refractivity contribution in [3.05, 3.63) is 75.9 Å². The zero-order valence-electron chi connectivity index (χ0n) is 16.5. The molecule has 0 aliphatic carbocycles. The number of carbonyl (C=O) groups excluding carboxylic acids is 1. The molecule has 3 rings (SSSR count). The average Bonchev–Trinajstić information content (AvgIpc) is 2.74.